The summed E-state index contributed by atoms with van der Waals surface area (Å²) in [5.41, 5.74) is 1.06. The van der Waals surface area contributed by atoms with Gasteiger partial charge in [-0.2, -0.15) is 0 Å². The Bertz CT molecular complexity index is 1540. The predicted molar refractivity (Wildman–Crippen MR) is 116 cm³/mol. The second-order valence-electron chi connectivity index (χ2n) is 7.03. The number of hydrogen-bond acceptors (Lipinski definition) is 9. The number of benzene rings is 1. The van der Waals surface area contributed by atoms with Crippen molar-refractivity contribution >= 4 is 28.3 Å². The number of hydrogen-bond donors (Lipinski definition) is 2. The van der Waals surface area contributed by atoms with Crippen LogP contribution in [0, 0.1) is 18.6 Å². The number of rotatable bonds is 6. The van der Waals surface area contributed by atoms with Crippen LogP contribution in [0.4, 0.5) is 8.78 Å². The molecule has 0 aliphatic carbocycles. The first-order chi connectivity index (χ1) is 16.4. The molecule has 2 N–H and O–H groups in total. The van der Waals surface area contributed by atoms with Gasteiger partial charge in [-0.15, -0.1) is 16.4 Å². The van der Waals surface area contributed by atoms with Crippen LogP contribution in [0.1, 0.15) is 21.1 Å². The van der Waals surface area contributed by atoms with E-state index < -0.39 is 17.6 Å². The second kappa shape index (κ2) is 8.51. The molecule has 0 unspecified atom stereocenters. The van der Waals surface area contributed by atoms with Crippen LogP contribution in [0.3, 0.4) is 0 Å². The number of H-pyrrole nitrogens is 1. The van der Waals surface area contributed by atoms with Crippen LogP contribution in [-0.2, 0) is 6.61 Å². The van der Waals surface area contributed by atoms with Gasteiger partial charge in [-0.1, -0.05) is 11.3 Å². The van der Waals surface area contributed by atoms with Crippen LogP contribution in [0.5, 0.6) is 6.01 Å². The molecule has 170 valence electrons. The van der Waals surface area contributed by atoms with Crippen molar-refractivity contribution in [3.05, 3.63) is 64.6 Å². The van der Waals surface area contributed by atoms with Crippen LogP contribution >= 0.6 is 11.3 Å². The van der Waals surface area contributed by atoms with Gasteiger partial charge >= 0.3 is 12.0 Å². The number of aromatic nitrogens is 7. The third kappa shape index (κ3) is 3.92. The number of pyridine rings is 1. The van der Waals surface area contributed by atoms with Crippen molar-refractivity contribution in [1.82, 2.24) is 35.3 Å². The van der Waals surface area contributed by atoms with Gasteiger partial charge in [0.2, 0.25) is 0 Å². The Morgan fingerprint density at radius 2 is 1.94 bits per heavy atom. The predicted octanol–water partition coefficient (Wildman–Crippen LogP) is 3.80. The van der Waals surface area contributed by atoms with Gasteiger partial charge < -0.3 is 9.84 Å². The first-order valence-corrected chi connectivity index (χ1v) is 10.5. The lowest BCUT2D eigenvalue weighted by Crippen LogP contribution is -2.02. The van der Waals surface area contributed by atoms with E-state index in [-0.39, 0.29) is 40.5 Å². The minimum absolute atomic E-state index is 0.0146. The van der Waals surface area contributed by atoms with Gasteiger partial charge in [-0.3, -0.25) is 5.10 Å². The molecule has 0 spiro atoms. The lowest BCUT2D eigenvalue weighted by Gasteiger charge is -2.06. The van der Waals surface area contributed by atoms with Crippen molar-refractivity contribution in [3.8, 4) is 27.8 Å². The zero-order chi connectivity index (χ0) is 23.8. The van der Waals surface area contributed by atoms with Crippen molar-refractivity contribution in [2.45, 2.75) is 13.5 Å². The molecule has 0 amide bonds. The first kappa shape index (κ1) is 21.5. The number of carbonyl (C=O) groups is 1. The summed E-state index contributed by atoms with van der Waals surface area (Å²) in [6.07, 6.45) is 2.30. The quantitative estimate of drug-likeness (QED) is 0.371. The number of halogens is 2. The zero-order valence-electron chi connectivity index (χ0n) is 17.3. The summed E-state index contributed by atoms with van der Waals surface area (Å²) >= 11 is 1.31. The minimum Gasteiger partial charge on any atom is -0.478 e. The van der Waals surface area contributed by atoms with Crippen LogP contribution in [0.2, 0.25) is 0 Å². The summed E-state index contributed by atoms with van der Waals surface area (Å²) in [5.74, 6) is -2.54. The van der Waals surface area contributed by atoms with Crippen molar-refractivity contribution < 1.29 is 23.4 Å². The second-order valence-corrected chi connectivity index (χ2v) is 8.12. The van der Waals surface area contributed by atoms with Crippen molar-refractivity contribution in [2.24, 2.45) is 0 Å². The Morgan fingerprint density at radius 1 is 1.18 bits per heavy atom. The number of carboxylic acids is 1. The van der Waals surface area contributed by atoms with E-state index in [1.54, 1.807) is 25.1 Å². The maximum Gasteiger partial charge on any atom is 0.338 e. The molecule has 0 atom stereocenters. The molecule has 0 bridgehead atoms. The summed E-state index contributed by atoms with van der Waals surface area (Å²) in [7, 11) is 0. The summed E-state index contributed by atoms with van der Waals surface area (Å²) in [6.45, 7) is 1.85. The Labute approximate surface area is 193 Å². The van der Waals surface area contributed by atoms with Gasteiger partial charge in [0, 0.05) is 18.0 Å². The molecular formula is C21H13F2N7O3S. The van der Waals surface area contributed by atoms with Gasteiger partial charge in [0.1, 0.15) is 17.1 Å². The molecule has 0 radical (unpaired) electrons. The Kier molecular flexibility index (Phi) is 5.37. The average Bonchev–Trinajstić information content (AvgIpc) is 3.48. The number of aryl methyl sites for hydroxylation is 1. The maximum atomic E-state index is 14.9. The normalized spacial score (nSPS) is 11.1. The molecule has 1 aromatic carbocycles. The third-order valence-electron chi connectivity index (χ3n) is 4.80. The molecule has 10 nitrogen and oxygen atoms in total. The molecule has 0 fully saturated rings. The number of aromatic carboxylic acids is 1. The highest BCUT2D eigenvalue weighted by Crippen LogP contribution is 2.33. The molecule has 0 saturated heterocycles. The summed E-state index contributed by atoms with van der Waals surface area (Å²) in [5, 5.41) is 18.9. The third-order valence-corrected chi connectivity index (χ3v) is 5.95. The van der Waals surface area contributed by atoms with Crippen LogP contribution < -0.4 is 4.74 Å². The van der Waals surface area contributed by atoms with Crippen molar-refractivity contribution in [1.29, 1.82) is 0 Å². The van der Waals surface area contributed by atoms with Crippen LogP contribution in [0.25, 0.3) is 32.9 Å². The number of aromatic amines is 1. The molecule has 0 aliphatic heterocycles. The monoisotopic (exact) mass is 481 g/mol. The number of nitrogens with zero attached hydrogens (tertiary/aromatic N) is 6. The number of nitrogens with one attached hydrogen (secondary N) is 1. The minimum atomic E-state index is -1.13. The molecular weight excluding hydrogens is 468 g/mol. The van der Waals surface area contributed by atoms with Gasteiger partial charge in [0.25, 0.3) is 0 Å². The van der Waals surface area contributed by atoms with E-state index >= 15 is 0 Å². The van der Waals surface area contributed by atoms with E-state index in [1.165, 1.54) is 11.3 Å². The molecule has 5 rings (SSSR count). The Morgan fingerprint density at radius 3 is 2.71 bits per heavy atom. The van der Waals surface area contributed by atoms with Crippen LogP contribution in [-0.4, -0.2) is 46.4 Å². The summed E-state index contributed by atoms with van der Waals surface area (Å²) in [4.78, 5) is 28.3. The van der Waals surface area contributed by atoms with Gasteiger partial charge in [-0.25, -0.2) is 33.5 Å². The highest BCUT2D eigenvalue weighted by atomic mass is 32.1. The van der Waals surface area contributed by atoms with Crippen LogP contribution in [0.15, 0.2) is 36.7 Å². The van der Waals surface area contributed by atoms with Crippen molar-refractivity contribution in [3.63, 3.8) is 0 Å². The molecule has 0 aliphatic rings. The van der Waals surface area contributed by atoms with E-state index in [0.717, 1.165) is 23.3 Å². The van der Waals surface area contributed by atoms with Gasteiger partial charge in [-0.05, 0) is 25.1 Å². The highest BCUT2D eigenvalue weighted by molar-refractivity contribution is 7.15. The van der Waals surface area contributed by atoms with Gasteiger partial charge in [0.05, 0.1) is 27.5 Å². The summed E-state index contributed by atoms with van der Waals surface area (Å²) in [6, 6.07) is 6.07. The molecule has 4 heterocycles. The average molecular weight is 481 g/mol. The largest absolute Gasteiger partial charge is 0.478 e. The number of thiazole rings is 1. The first-order valence-electron chi connectivity index (χ1n) is 9.71. The Hall–Kier alpha value is -4.39. The molecule has 4 aromatic heterocycles. The standard InChI is InChI=1S/C21H13F2N7O3S/c1-9-19(34-15(26-9)8-33-21-24-6-10(7-25-21)20(31)32)14-4-2-3-13(27-14)11-5-12(22)17-18(16(11)23)29-30-28-17/h2-7H,8H2,1H3,(H,31,32)(H,28,29,30). The highest BCUT2D eigenvalue weighted by Gasteiger charge is 2.19. The SMILES string of the molecule is Cc1nc(COc2ncc(C(=O)O)cn2)sc1-c1cccc(-c2cc(F)c3nn[nH]c3c2F)n1. The van der Waals surface area contributed by atoms with E-state index in [4.69, 9.17) is 9.84 Å². The smallest absolute Gasteiger partial charge is 0.338 e. The lowest BCUT2D eigenvalue weighted by atomic mass is 10.1. The van der Waals surface area contributed by atoms with Crippen molar-refractivity contribution in [2.75, 3.05) is 0 Å². The zero-order valence-corrected chi connectivity index (χ0v) is 18.1. The fraction of sp³-hybridized carbons (Fsp3) is 0.0952. The van der Waals surface area contributed by atoms with E-state index in [1.807, 2.05) is 0 Å². The maximum absolute atomic E-state index is 14.9. The number of ether oxygens (including phenoxy) is 1. The molecule has 34 heavy (non-hydrogen) atoms. The van der Waals surface area contributed by atoms with E-state index in [9.17, 15) is 13.6 Å². The Balaban J connectivity index is 1.41. The van der Waals surface area contributed by atoms with Gasteiger partial charge in [0.15, 0.2) is 17.2 Å². The molecule has 0 saturated carbocycles. The molecule has 5 aromatic rings. The topological polar surface area (TPSA) is 140 Å². The number of carboxylic acid groups (broad SMARTS) is 1. The number of fused-ring (bicyclic) bond motifs is 1. The molecule has 13 heteroatoms. The lowest BCUT2D eigenvalue weighted by molar-refractivity contribution is 0.0695. The fourth-order valence-corrected chi connectivity index (χ4v) is 4.17. The van der Waals surface area contributed by atoms with E-state index in [2.05, 4.69) is 35.3 Å². The summed E-state index contributed by atoms with van der Waals surface area (Å²) < 4.78 is 34.8. The fourth-order valence-electron chi connectivity index (χ4n) is 3.22. The van der Waals surface area contributed by atoms with E-state index in [0.29, 0.717) is 16.4 Å².